The Hall–Kier alpha value is -3.22. The fourth-order valence-electron chi connectivity index (χ4n) is 3.14. The quantitative estimate of drug-likeness (QED) is 0.724. The number of carbonyl (C=O) groups is 2. The number of nitrogens with zero attached hydrogens (tertiary/aromatic N) is 3. The summed E-state index contributed by atoms with van der Waals surface area (Å²) in [6.07, 6.45) is 0. The molecule has 0 aliphatic rings. The van der Waals surface area contributed by atoms with Crippen molar-refractivity contribution >= 4 is 22.9 Å². The molecule has 2 aromatic carbocycles. The zero-order valence-corrected chi connectivity index (χ0v) is 15.1. The number of hydrogen-bond donors (Lipinski definition) is 1. The maximum Gasteiger partial charge on any atom is 0.323 e. The number of halogens is 1. The Balaban J connectivity index is 1.91. The largest absolute Gasteiger partial charge is 0.480 e. The maximum absolute atomic E-state index is 13.1. The summed E-state index contributed by atoms with van der Waals surface area (Å²) in [6, 6.07) is 10.8. The third kappa shape index (κ3) is 3.97. The standard InChI is InChI=1S/C20H20FN3O3/c1-3-24-13(2)22-17-10-15(6-9-18(17)24)20(27)23(12-19(25)26)11-14-4-7-16(21)8-5-14/h4-10H,3,11-12H2,1-2H3,(H,25,26). The van der Waals surface area contributed by atoms with Gasteiger partial charge in [-0.15, -0.1) is 0 Å². The zero-order chi connectivity index (χ0) is 19.6. The van der Waals surface area contributed by atoms with Gasteiger partial charge >= 0.3 is 5.97 Å². The number of carbonyl (C=O) groups excluding carboxylic acids is 1. The molecule has 1 amide bonds. The van der Waals surface area contributed by atoms with E-state index in [1.54, 1.807) is 12.1 Å². The first-order chi connectivity index (χ1) is 12.9. The molecule has 0 saturated heterocycles. The molecule has 1 aromatic heterocycles. The maximum atomic E-state index is 13.1. The molecule has 140 valence electrons. The van der Waals surface area contributed by atoms with E-state index in [9.17, 15) is 19.1 Å². The van der Waals surface area contributed by atoms with Gasteiger partial charge in [0.1, 0.15) is 18.2 Å². The number of imidazole rings is 1. The second-order valence-electron chi connectivity index (χ2n) is 6.29. The van der Waals surface area contributed by atoms with Crippen LogP contribution in [0.3, 0.4) is 0 Å². The molecular formula is C20H20FN3O3. The molecule has 1 heterocycles. The van der Waals surface area contributed by atoms with Crippen molar-refractivity contribution in [3.8, 4) is 0 Å². The van der Waals surface area contributed by atoms with Crippen molar-refractivity contribution in [2.45, 2.75) is 26.9 Å². The van der Waals surface area contributed by atoms with E-state index in [4.69, 9.17) is 0 Å². The number of rotatable bonds is 6. The molecule has 3 aromatic rings. The molecule has 0 fully saturated rings. The highest BCUT2D eigenvalue weighted by molar-refractivity contribution is 5.98. The van der Waals surface area contributed by atoms with Gasteiger partial charge in [-0.05, 0) is 49.7 Å². The summed E-state index contributed by atoms with van der Waals surface area (Å²) in [5.41, 5.74) is 2.64. The fraction of sp³-hybridized carbons (Fsp3) is 0.250. The highest BCUT2D eigenvalue weighted by atomic mass is 19.1. The van der Waals surface area contributed by atoms with Crippen LogP contribution in [-0.2, 0) is 17.9 Å². The van der Waals surface area contributed by atoms with Crippen LogP contribution in [0.1, 0.15) is 28.7 Å². The summed E-state index contributed by atoms with van der Waals surface area (Å²) in [6.45, 7) is 4.31. The van der Waals surface area contributed by atoms with Crippen molar-refractivity contribution in [2.24, 2.45) is 0 Å². The number of carboxylic acids is 1. The topological polar surface area (TPSA) is 75.4 Å². The van der Waals surface area contributed by atoms with Crippen molar-refractivity contribution in [3.63, 3.8) is 0 Å². The predicted molar refractivity (Wildman–Crippen MR) is 98.9 cm³/mol. The van der Waals surface area contributed by atoms with Crippen LogP contribution in [0.15, 0.2) is 42.5 Å². The molecule has 0 bridgehead atoms. The summed E-state index contributed by atoms with van der Waals surface area (Å²) in [7, 11) is 0. The molecule has 0 saturated carbocycles. The SMILES string of the molecule is CCn1c(C)nc2cc(C(=O)N(CC(=O)O)Cc3ccc(F)cc3)ccc21. The van der Waals surface area contributed by atoms with Gasteiger partial charge in [-0.3, -0.25) is 9.59 Å². The van der Waals surface area contributed by atoms with Crippen molar-refractivity contribution < 1.29 is 19.1 Å². The van der Waals surface area contributed by atoms with E-state index in [1.807, 2.05) is 24.5 Å². The first-order valence-corrected chi connectivity index (χ1v) is 8.61. The molecule has 0 aliphatic heterocycles. The Bertz CT molecular complexity index is 996. The van der Waals surface area contributed by atoms with Crippen LogP contribution in [0.5, 0.6) is 0 Å². The number of aliphatic carboxylic acids is 1. The number of hydrogen-bond acceptors (Lipinski definition) is 3. The minimum absolute atomic E-state index is 0.0753. The second kappa shape index (κ2) is 7.57. The van der Waals surface area contributed by atoms with Gasteiger partial charge in [0.05, 0.1) is 11.0 Å². The van der Waals surface area contributed by atoms with Crippen LogP contribution in [0, 0.1) is 12.7 Å². The van der Waals surface area contributed by atoms with E-state index in [1.165, 1.54) is 29.2 Å². The third-order valence-corrected chi connectivity index (χ3v) is 4.40. The highest BCUT2D eigenvalue weighted by Gasteiger charge is 2.20. The lowest BCUT2D eigenvalue weighted by Crippen LogP contribution is -2.35. The van der Waals surface area contributed by atoms with Gasteiger partial charge in [0.25, 0.3) is 5.91 Å². The minimum atomic E-state index is -1.11. The minimum Gasteiger partial charge on any atom is -0.480 e. The number of amides is 1. The molecule has 0 spiro atoms. The van der Waals surface area contributed by atoms with Gasteiger partial charge in [-0.1, -0.05) is 12.1 Å². The number of benzene rings is 2. The van der Waals surface area contributed by atoms with Crippen LogP contribution in [0.4, 0.5) is 4.39 Å². The molecule has 27 heavy (non-hydrogen) atoms. The van der Waals surface area contributed by atoms with Crippen LogP contribution < -0.4 is 0 Å². The average molecular weight is 369 g/mol. The zero-order valence-electron chi connectivity index (χ0n) is 15.1. The monoisotopic (exact) mass is 369 g/mol. The van der Waals surface area contributed by atoms with Gasteiger partial charge in [-0.25, -0.2) is 9.37 Å². The van der Waals surface area contributed by atoms with E-state index in [0.717, 1.165) is 17.9 Å². The van der Waals surface area contributed by atoms with Crippen molar-refractivity contribution in [2.75, 3.05) is 6.54 Å². The molecule has 7 heteroatoms. The summed E-state index contributed by atoms with van der Waals surface area (Å²) in [5, 5.41) is 9.18. The molecule has 1 N–H and O–H groups in total. The molecule has 0 unspecified atom stereocenters. The van der Waals surface area contributed by atoms with E-state index >= 15 is 0 Å². The van der Waals surface area contributed by atoms with E-state index in [0.29, 0.717) is 16.6 Å². The van der Waals surface area contributed by atoms with Crippen LogP contribution in [0.2, 0.25) is 0 Å². The molecule has 0 atom stereocenters. The summed E-state index contributed by atoms with van der Waals surface area (Å²) in [4.78, 5) is 29.8. The van der Waals surface area contributed by atoms with E-state index in [2.05, 4.69) is 4.98 Å². The van der Waals surface area contributed by atoms with E-state index < -0.39 is 18.4 Å². The molecule has 0 radical (unpaired) electrons. The highest BCUT2D eigenvalue weighted by Crippen LogP contribution is 2.19. The Kier molecular flexibility index (Phi) is 5.21. The van der Waals surface area contributed by atoms with Gasteiger partial charge in [-0.2, -0.15) is 0 Å². The lowest BCUT2D eigenvalue weighted by atomic mass is 10.1. The number of aromatic nitrogens is 2. The summed E-state index contributed by atoms with van der Waals surface area (Å²) in [5.74, 6) is -1.06. The average Bonchev–Trinajstić information content (AvgIpc) is 2.96. The van der Waals surface area contributed by atoms with Gasteiger partial charge in [0, 0.05) is 18.7 Å². The molecule has 6 nitrogen and oxygen atoms in total. The summed E-state index contributed by atoms with van der Waals surface area (Å²) >= 11 is 0. The number of aryl methyl sites for hydroxylation is 2. The van der Waals surface area contributed by atoms with Crippen LogP contribution in [0.25, 0.3) is 11.0 Å². The van der Waals surface area contributed by atoms with Crippen LogP contribution in [-0.4, -0.2) is 38.0 Å². The fourth-order valence-corrected chi connectivity index (χ4v) is 3.14. The van der Waals surface area contributed by atoms with Crippen LogP contribution >= 0.6 is 0 Å². The molecule has 0 aliphatic carbocycles. The predicted octanol–water partition coefficient (Wildman–Crippen LogP) is 3.23. The number of carboxylic acid groups (broad SMARTS) is 1. The first kappa shape index (κ1) is 18.6. The molecule has 3 rings (SSSR count). The van der Waals surface area contributed by atoms with Crippen molar-refractivity contribution in [3.05, 3.63) is 65.2 Å². The Morgan fingerprint density at radius 3 is 2.52 bits per heavy atom. The van der Waals surface area contributed by atoms with Gasteiger partial charge in [0.15, 0.2) is 0 Å². The lowest BCUT2D eigenvalue weighted by molar-refractivity contribution is -0.137. The normalized spacial score (nSPS) is 10.9. The Morgan fingerprint density at radius 2 is 1.89 bits per heavy atom. The smallest absolute Gasteiger partial charge is 0.323 e. The first-order valence-electron chi connectivity index (χ1n) is 8.61. The number of fused-ring (bicyclic) bond motifs is 1. The lowest BCUT2D eigenvalue weighted by Gasteiger charge is -2.21. The van der Waals surface area contributed by atoms with Gasteiger partial charge < -0.3 is 14.6 Å². The van der Waals surface area contributed by atoms with Crippen molar-refractivity contribution in [1.29, 1.82) is 0 Å². The Labute approximate surface area is 155 Å². The molecular weight excluding hydrogens is 349 g/mol. The third-order valence-electron chi connectivity index (χ3n) is 4.40. The van der Waals surface area contributed by atoms with E-state index in [-0.39, 0.29) is 12.4 Å². The Morgan fingerprint density at radius 1 is 1.19 bits per heavy atom. The van der Waals surface area contributed by atoms with Crippen molar-refractivity contribution in [1.82, 2.24) is 14.5 Å². The summed E-state index contributed by atoms with van der Waals surface area (Å²) < 4.78 is 15.1. The van der Waals surface area contributed by atoms with Gasteiger partial charge in [0.2, 0.25) is 0 Å². The second-order valence-corrected chi connectivity index (χ2v) is 6.29.